The molecule has 1 fully saturated rings. The fraction of sp³-hybridized carbons (Fsp3) is 0.571. The number of halogens is 1. The van der Waals surface area contributed by atoms with Gasteiger partial charge in [0.05, 0.1) is 0 Å². The Bertz CT molecular complexity index is 361. The molecule has 17 heavy (non-hydrogen) atoms. The van der Waals surface area contributed by atoms with Crippen molar-refractivity contribution in [1.29, 1.82) is 0 Å². The van der Waals surface area contributed by atoms with Gasteiger partial charge in [0.2, 0.25) is 0 Å². The molecule has 1 N–H and O–H groups in total. The molecule has 1 heterocycles. The minimum absolute atomic E-state index is 0.0851. The Kier molecular flexibility index (Phi) is 4.00. The Morgan fingerprint density at radius 3 is 2.71 bits per heavy atom. The third kappa shape index (κ3) is 2.97. The van der Waals surface area contributed by atoms with E-state index in [1.165, 1.54) is 6.07 Å². The minimum Gasteiger partial charge on any atom is -0.487 e. The van der Waals surface area contributed by atoms with Crippen LogP contribution in [0.5, 0.6) is 5.75 Å². The molecule has 0 aliphatic carbocycles. The van der Waals surface area contributed by atoms with Gasteiger partial charge in [0.15, 0.2) is 11.6 Å². The second kappa shape index (κ2) is 5.50. The molecule has 94 valence electrons. The fourth-order valence-electron chi connectivity index (χ4n) is 2.42. The number of rotatable bonds is 4. The zero-order valence-electron chi connectivity index (χ0n) is 10.4. The van der Waals surface area contributed by atoms with Crippen molar-refractivity contribution in [1.82, 2.24) is 5.32 Å². The van der Waals surface area contributed by atoms with Gasteiger partial charge in [-0.2, -0.15) is 0 Å². The molecule has 1 aromatic carbocycles. The smallest absolute Gasteiger partial charge is 0.165 e. The molecule has 2 rings (SSSR count). The summed E-state index contributed by atoms with van der Waals surface area (Å²) in [7, 11) is 0. The first kappa shape index (κ1) is 12.4. The summed E-state index contributed by atoms with van der Waals surface area (Å²) in [4.78, 5) is 0. The molecule has 0 bridgehead atoms. The van der Waals surface area contributed by atoms with Gasteiger partial charge in [-0.15, -0.1) is 0 Å². The van der Waals surface area contributed by atoms with Crippen LogP contribution in [0.4, 0.5) is 4.39 Å². The van der Waals surface area contributed by atoms with Gasteiger partial charge in [-0.25, -0.2) is 4.39 Å². The van der Waals surface area contributed by atoms with Gasteiger partial charge in [0.25, 0.3) is 0 Å². The number of benzene rings is 1. The van der Waals surface area contributed by atoms with E-state index in [1.54, 1.807) is 12.1 Å². The van der Waals surface area contributed by atoms with Crippen molar-refractivity contribution >= 4 is 0 Å². The summed E-state index contributed by atoms with van der Waals surface area (Å²) in [6.07, 6.45) is 1.19. The number of ether oxygens (including phenoxy) is 1. The molecule has 0 saturated carbocycles. The predicted octanol–water partition coefficient (Wildman–Crippen LogP) is 2.84. The van der Waals surface area contributed by atoms with Crippen LogP contribution >= 0.6 is 0 Å². The Balaban J connectivity index is 2.10. The molecule has 0 spiro atoms. The van der Waals surface area contributed by atoms with Gasteiger partial charge in [-0.3, -0.25) is 0 Å². The average molecular weight is 237 g/mol. The summed E-state index contributed by atoms with van der Waals surface area (Å²) in [6.45, 7) is 6.26. The first-order valence-corrected chi connectivity index (χ1v) is 6.30. The maximum Gasteiger partial charge on any atom is 0.165 e. The number of hydrogen-bond donors (Lipinski definition) is 1. The summed E-state index contributed by atoms with van der Waals surface area (Å²) in [6, 6.07) is 6.64. The third-order valence-electron chi connectivity index (χ3n) is 3.32. The molecule has 1 saturated heterocycles. The van der Waals surface area contributed by atoms with Gasteiger partial charge < -0.3 is 10.1 Å². The Morgan fingerprint density at radius 2 is 2.12 bits per heavy atom. The second-order valence-electron chi connectivity index (χ2n) is 5.01. The number of hydrogen-bond acceptors (Lipinski definition) is 2. The molecular weight excluding hydrogens is 217 g/mol. The van der Waals surface area contributed by atoms with Gasteiger partial charge in [-0.1, -0.05) is 26.0 Å². The van der Waals surface area contributed by atoms with E-state index in [1.807, 2.05) is 6.07 Å². The molecule has 0 aromatic heterocycles. The molecule has 1 unspecified atom stereocenters. The molecular formula is C14H20FNO. The molecule has 3 heteroatoms. The summed E-state index contributed by atoms with van der Waals surface area (Å²) < 4.78 is 19.4. The first-order valence-electron chi connectivity index (χ1n) is 6.30. The van der Waals surface area contributed by atoms with E-state index in [4.69, 9.17) is 4.74 Å². The molecule has 0 radical (unpaired) electrons. The van der Waals surface area contributed by atoms with Crippen LogP contribution in [0.3, 0.4) is 0 Å². The lowest BCUT2D eigenvalue weighted by Crippen LogP contribution is -2.33. The van der Waals surface area contributed by atoms with Crippen LogP contribution in [0.2, 0.25) is 0 Å². The molecule has 1 aliphatic heterocycles. The van der Waals surface area contributed by atoms with Gasteiger partial charge in [0.1, 0.15) is 6.10 Å². The van der Waals surface area contributed by atoms with Crippen molar-refractivity contribution in [3.63, 3.8) is 0 Å². The van der Waals surface area contributed by atoms with Crippen LogP contribution in [-0.4, -0.2) is 19.2 Å². The van der Waals surface area contributed by atoms with Gasteiger partial charge in [0, 0.05) is 12.5 Å². The highest BCUT2D eigenvalue weighted by Crippen LogP contribution is 2.26. The summed E-state index contributed by atoms with van der Waals surface area (Å²) in [5.41, 5.74) is 0. The fourth-order valence-corrected chi connectivity index (χ4v) is 2.42. The number of nitrogens with one attached hydrogen (secondary N) is 1. The standard InChI is InChI=1S/C14H20FNO/c1-10(2)14(11-7-8-16-9-11)17-13-6-4-3-5-12(13)15/h3-6,10-11,14,16H,7-9H2,1-2H3/t11?,14-/m0/s1. The van der Waals surface area contributed by atoms with Crippen LogP contribution in [0.15, 0.2) is 24.3 Å². The largest absolute Gasteiger partial charge is 0.487 e. The van der Waals surface area contributed by atoms with Gasteiger partial charge >= 0.3 is 0 Å². The first-order chi connectivity index (χ1) is 8.18. The molecule has 1 aromatic rings. The summed E-state index contributed by atoms with van der Waals surface area (Å²) >= 11 is 0. The van der Waals surface area contributed by atoms with E-state index in [0.717, 1.165) is 19.5 Å². The van der Waals surface area contributed by atoms with E-state index in [-0.39, 0.29) is 11.9 Å². The molecule has 1 aliphatic rings. The Labute approximate surface area is 102 Å². The van der Waals surface area contributed by atoms with E-state index in [9.17, 15) is 4.39 Å². The van der Waals surface area contributed by atoms with Crippen molar-refractivity contribution in [2.75, 3.05) is 13.1 Å². The van der Waals surface area contributed by atoms with E-state index < -0.39 is 0 Å². The van der Waals surface area contributed by atoms with E-state index in [2.05, 4.69) is 19.2 Å². The van der Waals surface area contributed by atoms with Crippen LogP contribution < -0.4 is 10.1 Å². The van der Waals surface area contributed by atoms with Gasteiger partial charge in [-0.05, 0) is 31.0 Å². The van der Waals surface area contributed by atoms with Crippen LogP contribution in [0.25, 0.3) is 0 Å². The Morgan fingerprint density at radius 1 is 1.35 bits per heavy atom. The zero-order valence-corrected chi connectivity index (χ0v) is 10.4. The topological polar surface area (TPSA) is 21.3 Å². The van der Waals surface area contributed by atoms with Crippen LogP contribution in [0, 0.1) is 17.7 Å². The zero-order chi connectivity index (χ0) is 12.3. The highest BCUT2D eigenvalue weighted by Gasteiger charge is 2.29. The lowest BCUT2D eigenvalue weighted by Gasteiger charge is -2.27. The maximum absolute atomic E-state index is 13.6. The van der Waals surface area contributed by atoms with Crippen molar-refractivity contribution in [2.45, 2.75) is 26.4 Å². The summed E-state index contributed by atoms with van der Waals surface area (Å²) in [5, 5.41) is 3.33. The Hall–Kier alpha value is -1.09. The molecule has 2 nitrogen and oxygen atoms in total. The van der Waals surface area contributed by atoms with Crippen molar-refractivity contribution in [2.24, 2.45) is 11.8 Å². The van der Waals surface area contributed by atoms with Crippen LogP contribution in [-0.2, 0) is 0 Å². The molecule has 0 amide bonds. The van der Waals surface area contributed by atoms with Crippen LogP contribution in [0.1, 0.15) is 20.3 Å². The summed E-state index contributed by atoms with van der Waals surface area (Å²) in [5.74, 6) is 0.969. The predicted molar refractivity (Wildman–Crippen MR) is 66.6 cm³/mol. The normalized spacial score (nSPS) is 21.8. The monoisotopic (exact) mass is 237 g/mol. The highest BCUT2D eigenvalue weighted by molar-refractivity contribution is 5.24. The minimum atomic E-state index is -0.274. The quantitative estimate of drug-likeness (QED) is 0.869. The number of para-hydroxylation sites is 1. The maximum atomic E-state index is 13.6. The third-order valence-corrected chi connectivity index (χ3v) is 3.32. The second-order valence-corrected chi connectivity index (χ2v) is 5.01. The van der Waals surface area contributed by atoms with E-state index >= 15 is 0 Å². The lowest BCUT2D eigenvalue weighted by atomic mass is 9.92. The van der Waals surface area contributed by atoms with Crippen molar-refractivity contribution < 1.29 is 9.13 Å². The highest BCUT2D eigenvalue weighted by atomic mass is 19.1. The average Bonchev–Trinajstić information content (AvgIpc) is 2.81. The SMILES string of the molecule is CC(C)[C@H](Oc1ccccc1F)C1CCNC1. The lowest BCUT2D eigenvalue weighted by molar-refractivity contribution is 0.0927. The molecule has 2 atom stereocenters. The van der Waals surface area contributed by atoms with E-state index in [0.29, 0.717) is 17.6 Å². The van der Waals surface area contributed by atoms with Crippen molar-refractivity contribution in [3.8, 4) is 5.75 Å². The van der Waals surface area contributed by atoms with Crippen molar-refractivity contribution in [3.05, 3.63) is 30.1 Å².